The third-order valence-electron chi connectivity index (χ3n) is 3.88. The van der Waals surface area contributed by atoms with Crippen molar-refractivity contribution in [2.75, 3.05) is 11.9 Å². The molecule has 2 aromatic rings. The molecule has 0 saturated carbocycles. The number of rotatable bonds is 1. The molecule has 0 radical (unpaired) electrons. The number of hydrogen-bond acceptors (Lipinski definition) is 3. The first-order valence-corrected chi connectivity index (χ1v) is 8.88. The average molecular weight is 428 g/mol. The summed E-state index contributed by atoms with van der Waals surface area (Å²) in [5, 5.41) is 0.486. The van der Waals surface area contributed by atoms with Crippen molar-refractivity contribution >= 4 is 39.3 Å². The van der Waals surface area contributed by atoms with Crippen molar-refractivity contribution in [1.82, 2.24) is 4.98 Å². The van der Waals surface area contributed by atoms with E-state index in [9.17, 15) is 9.18 Å². The molecule has 1 amide bonds. The van der Waals surface area contributed by atoms with Crippen LogP contribution in [0.1, 0.15) is 32.0 Å². The van der Waals surface area contributed by atoms with Gasteiger partial charge in [0.05, 0.1) is 20.9 Å². The molecule has 0 aliphatic heterocycles. The maximum absolute atomic E-state index is 14.3. The Kier molecular flexibility index (Phi) is 4.54. The van der Waals surface area contributed by atoms with Gasteiger partial charge in [-0.2, -0.15) is 0 Å². The minimum atomic E-state index is -0.638. The quantitative estimate of drug-likeness (QED) is 0.509. The largest absolute Gasteiger partial charge is 0.443 e. The molecule has 0 N–H and O–H groups in total. The molecule has 1 aliphatic rings. The van der Waals surface area contributed by atoms with Crippen LogP contribution >= 0.6 is 27.5 Å². The third-order valence-corrected chi connectivity index (χ3v) is 5.11. The topological polar surface area (TPSA) is 42.4 Å². The van der Waals surface area contributed by atoms with Crippen LogP contribution in [0.2, 0.25) is 5.02 Å². The van der Waals surface area contributed by atoms with Crippen molar-refractivity contribution in [3.63, 3.8) is 0 Å². The second-order valence-electron chi connectivity index (χ2n) is 6.91. The van der Waals surface area contributed by atoms with Crippen LogP contribution in [-0.2, 0) is 11.2 Å². The summed E-state index contributed by atoms with van der Waals surface area (Å²) in [5.74, 6) is -0.451. The predicted octanol–water partition coefficient (Wildman–Crippen LogP) is 5.58. The molecule has 132 valence electrons. The van der Waals surface area contributed by atoms with Gasteiger partial charge < -0.3 is 4.74 Å². The Morgan fingerprint density at radius 3 is 2.72 bits per heavy atom. The first-order valence-electron chi connectivity index (χ1n) is 7.71. The van der Waals surface area contributed by atoms with Crippen molar-refractivity contribution in [3.05, 3.63) is 44.9 Å². The molecule has 25 heavy (non-hydrogen) atoms. The predicted molar refractivity (Wildman–Crippen MR) is 99.8 cm³/mol. The molecule has 0 fully saturated rings. The highest BCUT2D eigenvalue weighted by Crippen LogP contribution is 2.46. The van der Waals surface area contributed by atoms with Gasteiger partial charge in [-0.1, -0.05) is 11.6 Å². The van der Waals surface area contributed by atoms with E-state index in [1.165, 1.54) is 17.0 Å². The summed E-state index contributed by atoms with van der Waals surface area (Å²) in [6.07, 6.45) is 1.55. The van der Waals surface area contributed by atoms with Crippen LogP contribution in [0, 0.1) is 5.82 Å². The summed E-state index contributed by atoms with van der Waals surface area (Å²) in [7, 11) is 1.57. The van der Waals surface area contributed by atoms with E-state index in [4.69, 9.17) is 16.3 Å². The van der Waals surface area contributed by atoms with Crippen LogP contribution < -0.4 is 4.90 Å². The highest BCUT2D eigenvalue weighted by atomic mass is 79.9. The molecule has 1 aromatic heterocycles. The van der Waals surface area contributed by atoms with E-state index < -0.39 is 17.5 Å². The van der Waals surface area contributed by atoms with Crippen LogP contribution in [0.3, 0.4) is 0 Å². The number of ether oxygens (including phenoxy) is 1. The zero-order valence-corrected chi connectivity index (χ0v) is 16.6. The Morgan fingerprint density at radius 1 is 1.40 bits per heavy atom. The molecular formula is C18H17BrClFN2O2. The third kappa shape index (κ3) is 3.37. The maximum Gasteiger partial charge on any atom is 0.414 e. The molecule has 0 unspecified atom stereocenters. The number of amides is 1. The van der Waals surface area contributed by atoms with E-state index >= 15 is 0 Å². The van der Waals surface area contributed by atoms with Crippen molar-refractivity contribution in [2.24, 2.45) is 0 Å². The molecule has 4 nitrogen and oxygen atoms in total. The number of hydrogen-bond donors (Lipinski definition) is 0. The minimum absolute atomic E-state index is 0.451. The smallest absolute Gasteiger partial charge is 0.414 e. The first kappa shape index (κ1) is 18.1. The average Bonchev–Trinajstić information content (AvgIpc) is 2.86. The molecule has 0 atom stereocenters. The Balaban J connectivity index is 2.09. The summed E-state index contributed by atoms with van der Waals surface area (Å²) >= 11 is 9.74. The van der Waals surface area contributed by atoms with E-state index in [-0.39, 0.29) is 0 Å². The first-order chi connectivity index (χ1) is 11.6. The SMILES string of the molecule is CN(C(=O)OC(C)(C)C)c1cc(F)cc2c1Cc1ncc(Br)c(Cl)c1-2. The molecule has 1 aliphatic carbocycles. The Bertz CT molecular complexity index is 880. The number of aromatic nitrogens is 1. The Morgan fingerprint density at radius 2 is 2.08 bits per heavy atom. The van der Waals surface area contributed by atoms with Crippen molar-refractivity contribution < 1.29 is 13.9 Å². The van der Waals surface area contributed by atoms with Crippen LogP contribution in [-0.4, -0.2) is 23.7 Å². The van der Waals surface area contributed by atoms with Crippen molar-refractivity contribution in [3.8, 4) is 11.1 Å². The van der Waals surface area contributed by atoms with E-state index in [0.29, 0.717) is 32.7 Å². The van der Waals surface area contributed by atoms with Gasteiger partial charge in [0.25, 0.3) is 0 Å². The number of nitrogens with zero attached hydrogens (tertiary/aromatic N) is 2. The monoisotopic (exact) mass is 426 g/mol. The lowest BCUT2D eigenvalue weighted by Gasteiger charge is -2.26. The summed E-state index contributed by atoms with van der Waals surface area (Å²) in [6, 6.07) is 2.76. The molecule has 1 heterocycles. The molecule has 0 spiro atoms. The van der Waals surface area contributed by atoms with Gasteiger partial charge >= 0.3 is 6.09 Å². The van der Waals surface area contributed by atoms with Gasteiger partial charge in [0.2, 0.25) is 0 Å². The van der Waals surface area contributed by atoms with Crippen LogP contribution in [0.5, 0.6) is 0 Å². The molecule has 7 heteroatoms. The lowest BCUT2D eigenvalue weighted by atomic mass is 10.0. The zero-order valence-electron chi connectivity index (χ0n) is 14.3. The highest BCUT2D eigenvalue weighted by Gasteiger charge is 2.30. The fraction of sp³-hybridized carbons (Fsp3) is 0.333. The van der Waals surface area contributed by atoms with E-state index in [2.05, 4.69) is 20.9 Å². The van der Waals surface area contributed by atoms with E-state index in [1.54, 1.807) is 34.0 Å². The number of fused-ring (bicyclic) bond motifs is 3. The van der Waals surface area contributed by atoms with Gasteiger partial charge in [0, 0.05) is 25.2 Å². The number of pyridine rings is 1. The normalized spacial score (nSPS) is 12.6. The number of carbonyl (C=O) groups excluding carboxylic acids is 1. The second-order valence-corrected chi connectivity index (χ2v) is 8.14. The van der Waals surface area contributed by atoms with Crippen LogP contribution in [0.25, 0.3) is 11.1 Å². The fourth-order valence-electron chi connectivity index (χ4n) is 2.84. The molecular weight excluding hydrogens is 411 g/mol. The summed E-state index contributed by atoms with van der Waals surface area (Å²) in [6.45, 7) is 5.35. The summed E-state index contributed by atoms with van der Waals surface area (Å²) < 4.78 is 20.3. The fourth-order valence-corrected chi connectivity index (χ4v) is 3.40. The van der Waals surface area contributed by atoms with Gasteiger partial charge in [-0.3, -0.25) is 9.88 Å². The van der Waals surface area contributed by atoms with Crippen LogP contribution in [0.15, 0.2) is 22.8 Å². The van der Waals surface area contributed by atoms with Gasteiger partial charge in [-0.25, -0.2) is 9.18 Å². The van der Waals surface area contributed by atoms with Gasteiger partial charge in [0.1, 0.15) is 11.4 Å². The lowest BCUT2D eigenvalue weighted by molar-refractivity contribution is 0.0589. The van der Waals surface area contributed by atoms with Crippen molar-refractivity contribution in [1.29, 1.82) is 0 Å². The Hall–Kier alpha value is -1.66. The highest BCUT2D eigenvalue weighted by molar-refractivity contribution is 9.10. The number of anilines is 1. The molecule has 1 aromatic carbocycles. The van der Waals surface area contributed by atoms with Gasteiger partial charge in [0.15, 0.2) is 0 Å². The van der Waals surface area contributed by atoms with E-state index in [1.807, 2.05) is 0 Å². The minimum Gasteiger partial charge on any atom is -0.443 e. The molecule has 0 saturated heterocycles. The van der Waals surface area contributed by atoms with E-state index in [0.717, 1.165) is 11.3 Å². The number of halogens is 3. The Labute approximate surface area is 159 Å². The number of carbonyl (C=O) groups is 1. The summed E-state index contributed by atoms with van der Waals surface area (Å²) in [4.78, 5) is 18.1. The molecule has 0 bridgehead atoms. The second kappa shape index (κ2) is 6.25. The van der Waals surface area contributed by atoms with Gasteiger partial charge in [-0.05, 0) is 60.0 Å². The number of benzene rings is 1. The van der Waals surface area contributed by atoms with Crippen LogP contribution in [0.4, 0.5) is 14.9 Å². The standard InChI is InChI=1S/C18H17BrClFN2O2/c1-18(2,3)25-17(24)23(4)14-6-9(21)5-11-10(14)7-13-15(11)16(20)12(19)8-22-13/h5-6,8H,7H2,1-4H3. The maximum atomic E-state index is 14.3. The molecule has 3 rings (SSSR count). The zero-order chi connectivity index (χ0) is 18.5. The van der Waals surface area contributed by atoms with Gasteiger partial charge in [-0.15, -0.1) is 0 Å². The summed E-state index contributed by atoms with van der Waals surface area (Å²) in [5.41, 5.74) is 2.73. The lowest BCUT2D eigenvalue weighted by Crippen LogP contribution is -2.34. The van der Waals surface area contributed by atoms with Crippen molar-refractivity contribution in [2.45, 2.75) is 32.8 Å².